The molecule has 0 atom stereocenters. The molecule has 1 radical (unpaired) electrons. The number of primary amides is 1. The van der Waals surface area contributed by atoms with Crippen molar-refractivity contribution in [3.8, 4) is 5.75 Å². The zero-order chi connectivity index (χ0) is 8.10. The van der Waals surface area contributed by atoms with E-state index in [1.165, 1.54) is 0 Å². The van der Waals surface area contributed by atoms with Crippen LogP contribution in [0.2, 0.25) is 0 Å². The van der Waals surface area contributed by atoms with Crippen molar-refractivity contribution in [1.29, 1.82) is 0 Å². The van der Waals surface area contributed by atoms with Gasteiger partial charge in [0, 0.05) is 0 Å². The molecule has 0 aliphatic carbocycles. The van der Waals surface area contributed by atoms with Gasteiger partial charge in [-0.05, 0) is 18.2 Å². The molecular weight excluding hydrogens is 142 g/mol. The lowest BCUT2D eigenvalue weighted by Gasteiger charge is -2.00. The van der Waals surface area contributed by atoms with Crippen LogP contribution in [0.1, 0.15) is 0 Å². The molecule has 1 aromatic rings. The fourth-order valence-electron chi connectivity index (χ4n) is 0.622. The van der Waals surface area contributed by atoms with E-state index in [1.807, 2.05) is 0 Å². The number of benzene rings is 1. The van der Waals surface area contributed by atoms with Gasteiger partial charge in [0.15, 0.2) is 6.61 Å². The highest BCUT2D eigenvalue weighted by atomic mass is 16.5. The topological polar surface area (TPSA) is 52.3 Å². The highest BCUT2D eigenvalue weighted by Crippen LogP contribution is 2.06. The second-order valence-electron chi connectivity index (χ2n) is 1.99. The van der Waals surface area contributed by atoms with Crippen molar-refractivity contribution in [2.24, 2.45) is 5.73 Å². The minimum atomic E-state index is -0.474. The zero-order valence-corrected chi connectivity index (χ0v) is 5.91. The summed E-state index contributed by atoms with van der Waals surface area (Å²) in [4.78, 5) is 10.3. The molecule has 0 aliphatic heterocycles. The molecule has 1 amide bonds. The highest BCUT2D eigenvalue weighted by molar-refractivity contribution is 5.75. The Bertz CT molecular complexity index is 233. The first-order valence-electron chi connectivity index (χ1n) is 3.16. The maximum Gasteiger partial charge on any atom is 0.255 e. The van der Waals surface area contributed by atoms with E-state index < -0.39 is 5.91 Å². The smallest absolute Gasteiger partial charge is 0.255 e. The Morgan fingerprint density at radius 2 is 2.18 bits per heavy atom. The van der Waals surface area contributed by atoms with Crippen LogP contribution in [0.3, 0.4) is 0 Å². The average Bonchev–Trinajstić information content (AvgIpc) is 2.03. The lowest BCUT2D eigenvalue weighted by molar-refractivity contribution is -0.119. The predicted octanol–water partition coefficient (Wildman–Crippen LogP) is 0.351. The standard InChI is InChI=1S/C8H8NO2/c9-8(10)6-11-7-4-2-1-3-5-7/h2-5H,6H2,(H2,9,10). The van der Waals surface area contributed by atoms with Gasteiger partial charge >= 0.3 is 0 Å². The summed E-state index contributed by atoms with van der Waals surface area (Å²) in [6.07, 6.45) is 0. The van der Waals surface area contributed by atoms with Crippen molar-refractivity contribution >= 4 is 5.91 Å². The SMILES string of the molecule is NC(=O)COc1cc[c]cc1. The molecule has 11 heavy (non-hydrogen) atoms. The van der Waals surface area contributed by atoms with Gasteiger partial charge in [0.1, 0.15) is 5.75 Å². The lowest BCUT2D eigenvalue weighted by Crippen LogP contribution is -2.19. The second-order valence-corrected chi connectivity index (χ2v) is 1.99. The molecule has 0 unspecified atom stereocenters. The third-order valence-electron chi connectivity index (χ3n) is 1.07. The maximum absolute atomic E-state index is 10.3. The largest absolute Gasteiger partial charge is 0.484 e. The number of carbonyl (C=O) groups excluding carboxylic acids is 1. The van der Waals surface area contributed by atoms with E-state index in [0.29, 0.717) is 5.75 Å². The molecule has 0 aromatic heterocycles. The quantitative estimate of drug-likeness (QED) is 0.676. The van der Waals surface area contributed by atoms with Gasteiger partial charge in [0.25, 0.3) is 5.91 Å². The predicted molar refractivity (Wildman–Crippen MR) is 40.0 cm³/mol. The summed E-state index contributed by atoms with van der Waals surface area (Å²) in [5.41, 5.74) is 4.87. The first-order valence-corrected chi connectivity index (χ1v) is 3.16. The highest BCUT2D eigenvalue weighted by Gasteiger charge is 1.94. The maximum atomic E-state index is 10.3. The van der Waals surface area contributed by atoms with Gasteiger partial charge in [-0.1, -0.05) is 12.1 Å². The van der Waals surface area contributed by atoms with Crippen LogP contribution in [0.5, 0.6) is 5.75 Å². The van der Waals surface area contributed by atoms with Gasteiger partial charge in [-0.25, -0.2) is 0 Å². The summed E-state index contributed by atoms with van der Waals surface area (Å²) in [6, 6.07) is 9.66. The van der Waals surface area contributed by atoms with Crippen molar-refractivity contribution in [2.45, 2.75) is 0 Å². The van der Waals surface area contributed by atoms with Crippen LogP contribution in [0.25, 0.3) is 0 Å². The molecule has 3 nitrogen and oxygen atoms in total. The Labute approximate surface area is 64.8 Å². The Morgan fingerprint density at radius 3 is 2.73 bits per heavy atom. The van der Waals surface area contributed by atoms with E-state index in [1.54, 1.807) is 24.3 Å². The van der Waals surface area contributed by atoms with Crippen LogP contribution in [0, 0.1) is 6.07 Å². The molecule has 0 saturated heterocycles. The monoisotopic (exact) mass is 150 g/mol. The van der Waals surface area contributed by atoms with E-state index in [4.69, 9.17) is 10.5 Å². The van der Waals surface area contributed by atoms with Gasteiger partial charge in [0.2, 0.25) is 0 Å². The van der Waals surface area contributed by atoms with E-state index in [2.05, 4.69) is 6.07 Å². The third kappa shape index (κ3) is 2.71. The number of carbonyl (C=O) groups is 1. The van der Waals surface area contributed by atoms with Gasteiger partial charge in [-0.15, -0.1) is 0 Å². The molecule has 1 rings (SSSR count). The third-order valence-corrected chi connectivity index (χ3v) is 1.07. The van der Waals surface area contributed by atoms with Crippen molar-refractivity contribution in [3.63, 3.8) is 0 Å². The molecular formula is C8H8NO2. The van der Waals surface area contributed by atoms with Crippen LogP contribution >= 0.6 is 0 Å². The summed E-state index contributed by atoms with van der Waals surface area (Å²) in [5.74, 6) is 0.153. The average molecular weight is 150 g/mol. The molecule has 0 saturated carbocycles. The van der Waals surface area contributed by atoms with Crippen LogP contribution in [-0.4, -0.2) is 12.5 Å². The number of hydrogen-bond acceptors (Lipinski definition) is 2. The van der Waals surface area contributed by atoms with Crippen molar-refractivity contribution < 1.29 is 9.53 Å². The zero-order valence-electron chi connectivity index (χ0n) is 5.91. The minimum Gasteiger partial charge on any atom is -0.484 e. The van der Waals surface area contributed by atoms with Crippen LogP contribution < -0.4 is 10.5 Å². The van der Waals surface area contributed by atoms with Crippen LogP contribution in [0.4, 0.5) is 0 Å². The summed E-state index contributed by atoms with van der Waals surface area (Å²) >= 11 is 0. The molecule has 1 aromatic carbocycles. The number of nitrogens with two attached hydrogens (primary N) is 1. The molecule has 3 heteroatoms. The van der Waals surface area contributed by atoms with Crippen molar-refractivity contribution in [1.82, 2.24) is 0 Å². The van der Waals surface area contributed by atoms with E-state index in [9.17, 15) is 4.79 Å². The normalized spacial score (nSPS) is 9.09. The van der Waals surface area contributed by atoms with E-state index in [0.717, 1.165) is 0 Å². The molecule has 2 N–H and O–H groups in total. The minimum absolute atomic E-state index is 0.0794. The fourth-order valence-corrected chi connectivity index (χ4v) is 0.622. The Morgan fingerprint density at radius 1 is 1.55 bits per heavy atom. The number of rotatable bonds is 3. The number of ether oxygens (including phenoxy) is 1. The van der Waals surface area contributed by atoms with Gasteiger partial charge in [-0.2, -0.15) is 0 Å². The van der Waals surface area contributed by atoms with Crippen molar-refractivity contribution in [3.05, 3.63) is 30.3 Å². The second kappa shape index (κ2) is 3.61. The molecule has 0 heterocycles. The first kappa shape index (κ1) is 7.60. The number of amides is 1. The molecule has 0 aliphatic rings. The molecule has 0 fully saturated rings. The molecule has 57 valence electrons. The fraction of sp³-hybridized carbons (Fsp3) is 0.125. The van der Waals surface area contributed by atoms with E-state index in [-0.39, 0.29) is 6.61 Å². The Hall–Kier alpha value is -1.51. The van der Waals surface area contributed by atoms with E-state index >= 15 is 0 Å². The molecule has 0 spiro atoms. The first-order chi connectivity index (χ1) is 5.29. The summed E-state index contributed by atoms with van der Waals surface area (Å²) in [6.45, 7) is -0.0794. The summed E-state index contributed by atoms with van der Waals surface area (Å²) in [5, 5.41) is 0. The Balaban J connectivity index is 2.45. The lowest BCUT2D eigenvalue weighted by atomic mass is 10.3. The molecule has 0 bridgehead atoms. The van der Waals surface area contributed by atoms with Gasteiger partial charge < -0.3 is 10.5 Å². The van der Waals surface area contributed by atoms with Gasteiger partial charge in [-0.3, -0.25) is 4.79 Å². The summed E-state index contributed by atoms with van der Waals surface area (Å²) < 4.78 is 4.97. The Kier molecular flexibility index (Phi) is 2.49. The van der Waals surface area contributed by atoms with Crippen LogP contribution in [0.15, 0.2) is 24.3 Å². The van der Waals surface area contributed by atoms with Crippen LogP contribution in [-0.2, 0) is 4.79 Å². The summed E-state index contributed by atoms with van der Waals surface area (Å²) in [7, 11) is 0. The van der Waals surface area contributed by atoms with Crippen molar-refractivity contribution in [2.75, 3.05) is 6.61 Å². The number of hydrogen-bond donors (Lipinski definition) is 1. The van der Waals surface area contributed by atoms with Gasteiger partial charge in [0.05, 0.1) is 0 Å².